The van der Waals surface area contributed by atoms with E-state index in [0.29, 0.717) is 6.54 Å². The molecule has 0 aliphatic carbocycles. The summed E-state index contributed by atoms with van der Waals surface area (Å²) in [6, 6.07) is 3.70. The van der Waals surface area contributed by atoms with Gasteiger partial charge in [-0.2, -0.15) is 0 Å². The number of hydrogen-bond donors (Lipinski definition) is 0. The van der Waals surface area contributed by atoms with Crippen LogP contribution in [0.5, 0.6) is 0 Å². The molecule has 1 aromatic heterocycles. The summed E-state index contributed by atoms with van der Waals surface area (Å²) in [6.45, 7) is 0.523. The van der Waals surface area contributed by atoms with Crippen LogP contribution in [0.1, 0.15) is 0 Å². The lowest BCUT2D eigenvalue weighted by Crippen LogP contribution is -2.34. The monoisotopic (exact) mass is 179 g/mol. The van der Waals surface area contributed by atoms with Gasteiger partial charge < -0.3 is 4.42 Å². The molecule has 1 aliphatic heterocycles. The Labute approximate surface area is 76.6 Å². The summed E-state index contributed by atoms with van der Waals surface area (Å²) in [5, 5.41) is 14.4. The lowest BCUT2D eigenvalue weighted by molar-refractivity contribution is 0.193. The largest absolute Gasteiger partial charge is 0.447 e. The normalized spacial score (nSPS) is 16.6. The van der Waals surface area contributed by atoms with Crippen molar-refractivity contribution in [3.8, 4) is 0 Å². The predicted molar refractivity (Wildman–Crippen MR) is 47.5 cm³/mol. The van der Waals surface area contributed by atoms with Gasteiger partial charge in [-0.25, -0.2) is 5.11 Å². The fourth-order valence-corrected chi connectivity index (χ4v) is 1.41. The van der Waals surface area contributed by atoms with E-state index in [-0.39, 0.29) is 6.61 Å². The minimum absolute atomic E-state index is 0.187. The van der Waals surface area contributed by atoms with Gasteiger partial charge in [0.2, 0.25) is 5.88 Å². The van der Waals surface area contributed by atoms with E-state index in [1.54, 1.807) is 6.26 Å². The molecule has 0 saturated heterocycles. The second-order valence-corrected chi connectivity index (χ2v) is 2.90. The average Bonchev–Trinajstić information content (AvgIpc) is 2.72. The smallest absolute Gasteiger partial charge is 0.214 e. The van der Waals surface area contributed by atoms with E-state index in [0.717, 1.165) is 11.6 Å². The Kier molecular flexibility index (Phi) is 1.98. The molecule has 0 fully saturated rings. The first-order valence-electron chi connectivity index (χ1n) is 4.14. The lowest BCUT2D eigenvalue weighted by atomic mass is 10.4. The van der Waals surface area contributed by atoms with Crippen molar-refractivity contribution in [2.75, 3.05) is 25.2 Å². The Morgan fingerprint density at radius 3 is 3.00 bits per heavy atom. The Hall–Kier alpha value is -1.42. The molecular formula is C9H11N2O2. The van der Waals surface area contributed by atoms with Gasteiger partial charge in [0, 0.05) is 13.1 Å². The van der Waals surface area contributed by atoms with E-state index in [4.69, 9.17) is 4.42 Å². The summed E-state index contributed by atoms with van der Waals surface area (Å²) >= 11 is 0. The van der Waals surface area contributed by atoms with Crippen LogP contribution in [0.3, 0.4) is 0 Å². The summed E-state index contributed by atoms with van der Waals surface area (Å²) in [7, 11) is 1.86. The van der Waals surface area contributed by atoms with Crippen LogP contribution in [0.15, 0.2) is 34.6 Å². The number of likely N-dealkylation sites (N-methyl/N-ethyl adjacent to an activating group) is 1. The molecule has 1 radical (unpaired) electrons. The summed E-state index contributed by atoms with van der Waals surface area (Å²) in [6.07, 6.45) is 3.54. The van der Waals surface area contributed by atoms with Crippen LogP contribution >= 0.6 is 0 Å². The van der Waals surface area contributed by atoms with Crippen molar-refractivity contribution >= 4 is 5.88 Å². The Morgan fingerprint density at radius 2 is 2.46 bits per heavy atom. The quantitative estimate of drug-likeness (QED) is 0.686. The first kappa shape index (κ1) is 8.19. The van der Waals surface area contributed by atoms with Gasteiger partial charge in [0.25, 0.3) is 0 Å². The summed E-state index contributed by atoms with van der Waals surface area (Å²) in [4.78, 5) is 0. The Balaban J connectivity index is 2.15. The maximum Gasteiger partial charge on any atom is 0.214 e. The van der Waals surface area contributed by atoms with Crippen LogP contribution in [0.4, 0.5) is 5.88 Å². The third kappa shape index (κ3) is 1.29. The number of nitrogens with zero attached hydrogens (tertiary/aromatic N) is 2. The first-order chi connectivity index (χ1) is 6.33. The van der Waals surface area contributed by atoms with Crippen LogP contribution in [0.25, 0.3) is 0 Å². The molecule has 0 N–H and O–H groups in total. The molecule has 13 heavy (non-hydrogen) atoms. The minimum atomic E-state index is -0.187. The molecule has 0 unspecified atom stereocenters. The molecule has 1 aromatic rings. The topological polar surface area (TPSA) is 39.5 Å². The van der Waals surface area contributed by atoms with Crippen molar-refractivity contribution < 1.29 is 9.52 Å². The van der Waals surface area contributed by atoms with Gasteiger partial charge in [0.1, 0.15) is 6.61 Å². The van der Waals surface area contributed by atoms with Crippen molar-refractivity contribution in [1.29, 1.82) is 0 Å². The third-order valence-corrected chi connectivity index (χ3v) is 2.19. The zero-order chi connectivity index (χ0) is 9.26. The molecule has 1 aliphatic rings. The highest BCUT2D eigenvalue weighted by molar-refractivity contribution is 5.38. The molecule has 0 amide bonds. The first-order valence-corrected chi connectivity index (χ1v) is 4.14. The highest BCUT2D eigenvalue weighted by atomic mass is 16.4. The molecule has 2 rings (SSSR count). The maximum absolute atomic E-state index is 10.7. The van der Waals surface area contributed by atoms with Gasteiger partial charge in [-0.15, -0.1) is 0 Å². The summed E-state index contributed by atoms with van der Waals surface area (Å²) < 4.78 is 5.23. The highest BCUT2D eigenvalue weighted by Crippen LogP contribution is 2.22. The number of anilines is 1. The van der Waals surface area contributed by atoms with Crippen LogP contribution in [-0.2, 0) is 5.11 Å². The van der Waals surface area contributed by atoms with E-state index >= 15 is 0 Å². The van der Waals surface area contributed by atoms with Gasteiger partial charge in [0.15, 0.2) is 0 Å². The Morgan fingerprint density at radius 1 is 1.62 bits per heavy atom. The van der Waals surface area contributed by atoms with E-state index in [1.807, 2.05) is 35.3 Å². The van der Waals surface area contributed by atoms with Crippen LogP contribution in [0.2, 0.25) is 0 Å². The van der Waals surface area contributed by atoms with Crippen LogP contribution in [0, 0.1) is 0 Å². The fraction of sp³-hybridized carbons (Fsp3) is 0.333. The molecule has 0 atom stereocenters. The van der Waals surface area contributed by atoms with Gasteiger partial charge >= 0.3 is 0 Å². The summed E-state index contributed by atoms with van der Waals surface area (Å²) in [5.41, 5.74) is 0.788. The molecule has 4 nitrogen and oxygen atoms in total. The van der Waals surface area contributed by atoms with E-state index in [9.17, 15) is 5.11 Å². The van der Waals surface area contributed by atoms with Crippen molar-refractivity contribution in [3.05, 3.63) is 30.2 Å². The number of hydrazine groups is 1. The van der Waals surface area contributed by atoms with Crippen molar-refractivity contribution in [2.45, 2.75) is 0 Å². The highest BCUT2D eigenvalue weighted by Gasteiger charge is 2.21. The van der Waals surface area contributed by atoms with Gasteiger partial charge in [-0.1, -0.05) is 0 Å². The zero-order valence-electron chi connectivity index (χ0n) is 7.43. The molecular weight excluding hydrogens is 168 g/mol. The van der Waals surface area contributed by atoms with Crippen molar-refractivity contribution in [1.82, 2.24) is 5.01 Å². The minimum Gasteiger partial charge on any atom is -0.447 e. The molecule has 2 heterocycles. The predicted octanol–water partition coefficient (Wildman–Crippen LogP) is 1.26. The van der Waals surface area contributed by atoms with Gasteiger partial charge in [-0.05, 0) is 12.1 Å². The van der Waals surface area contributed by atoms with Gasteiger partial charge in [0.05, 0.1) is 18.5 Å². The molecule has 0 aromatic carbocycles. The van der Waals surface area contributed by atoms with E-state index < -0.39 is 0 Å². The molecule has 4 heteroatoms. The van der Waals surface area contributed by atoms with E-state index in [2.05, 4.69) is 0 Å². The molecule has 69 valence electrons. The number of rotatable bonds is 2. The van der Waals surface area contributed by atoms with Crippen molar-refractivity contribution in [2.24, 2.45) is 0 Å². The maximum atomic E-state index is 10.7. The van der Waals surface area contributed by atoms with E-state index in [1.165, 1.54) is 0 Å². The standard InChI is InChI=1S/C9H11N2O2/c1-10-8(7-12)4-5-11(10)9-3-2-6-13-9/h2-4,6H,5,7H2,1H3. The SMILES string of the molecule is CN1C(C[O])=CCN1c1ccco1. The average molecular weight is 179 g/mol. The lowest BCUT2D eigenvalue weighted by Gasteiger charge is -2.27. The molecule has 0 spiro atoms. The molecule has 0 bridgehead atoms. The number of hydrogen-bond acceptors (Lipinski definition) is 3. The Bertz CT molecular complexity index is 305. The number of furan rings is 1. The van der Waals surface area contributed by atoms with Crippen LogP contribution < -0.4 is 5.01 Å². The molecule has 0 saturated carbocycles. The second kappa shape index (κ2) is 3.14. The third-order valence-electron chi connectivity index (χ3n) is 2.19. The zero-order valence-corrected chi connectivity index (χ0v) is 7.43. The van der Waals surface area contributed by atoms with Crippen LogP contribution in [-0.4, -0.2) is 25.2 Å². The summed E-state index contributed by atoms with van der Waals surface area (Å²) in [5.74, 6) is 0.766. The van der Waals surface area contributed by atoms with Crippen molar-refractivity contribution in [3.63, 3.8) is 0 Å². The second-order valence-electron chi connectivity index (χ2n) is 2.90. The fourth-order valence-electron chi connectivity index (χ4n) is 1.41. The van der Waals surface area contributed by atoms with Gasteiger partial charge in [-0.3, -0.25) is 10.0 Å².